The van der Waals surface area contributed by atoms with Gasteiger partial charge in [0, 0.05) is 17.5 Å². The van der Waals surface area contributed by atoms with Crippen LogP contribution in [0.1, 0.15) is 19.3 Å². The van der Waals surface area contributed by atoms with Crippen molar-refractivity contribution < 1.29 is 9.18 Å². The van der Waals surface area contributed by atoms with Gasteiger partial charge in [-0.25, -0.2) is 14.4 Å². The molecule has 0 bridgehead atoms. The van der Waals surface area contributed by atoms with Crippen molar-refractivity contribution >= 4 is 39.2 Å². The molecule has 1 aromatic carbocycles. The van der Waals surface area contributed by atoms with Crippen molar-refractivity contribution in [1.82, 2.24) is 15.3 Å². The molecule has 128 valence electrons. The van der Waals surface area contributed by atoms with Gasteiger partial charge in [0.15, 0.2) is 0 Å². The van der Waals surface area contributed by atoms with Crippen LogP contribution in [-0.4, -0.2) is 27.7 Å². The maximum Gasteiger partial charge on any atom is 0.233 e. The summed E-state index contributed by atoms with van der Waals surface area (Å²) in [7, 11) is 0. The summed E-state index contributed by atoms with van der Waals surface area (Å²) in [5.41, 5.74) is 1.91. The number of thiophene rings is 1. The SMILES string of the molecule is O=C1NCCCC[C@@H]1Sc1ncnc2scc(-c3ccc(F)cc3)c12. The molecule has 1 fully saturated rings. The maximum absolute atomic E-state index is 13.2. The summed E-state index contributed by atoms with van der Waals surface area (Å²) in [4.78, 5) is 22.0. The molecule has 25 heavy (non-hydrogen) atoms. The van der Waals surface area contributed by atoms with Gasteiger partial charge in [0.05, 0.1) is 10.6 Å². The first kappa shape index (κ1) is 16.5. The quantitative estimate of drug-likeness (QED) is 0.697. The van der Waals surface area contributed by atoms with E-state index < -0.39 is 0 Å². The molecular weight excluding hydrogens is 357 g/mol. The number of hydrogen-bond donors (Lipinski definition) is 1. The van der Waals surface area contributed by atoms with Crippen molar-refractivity contribution in [3.63, 3.8) is 0 Å². The number of benzene rings is 1. The van der Waals surface area contributed by atoms with E-state index in [-0.39, 0.29) is 17.0 Å². The van der Waals surface area contributed by atoms with Gasteiger partial charge in [-0.3, -0.25) is 4.79 Å². The van der Waals surface area contributed by atoms with Crippen molar-refractivity contribution in [3.05, 3.63) is 41.8 Å². The van der Waals surface area contributed by atoms with Crippen LogP contribution in [0.15, 0.2) is 41.0 Å². The summed E-state index contributed by atoms with van der Waals surface area (Å²) in [6.45, 7) is 0.744. The zero-order chi connectivity index (χ0) is 17.2. The Kier molecular flexibility index (Phi) is 4.67. The molecule has 3 heterocycles. The van der Waals surface area contributed by atoms with Crippen LogP contribution in [-0.2, 0) is 4.79 Å². The number of thioether (sulfide) groups is 1. The van der Waals surface area contributed by atoms with E-state index in [1.165, 1.54) is 35.2 Å². The first-order valence-corrected chi connectivity index (χ1v) is 9.91. The summed E-state index contributed by atoms with van der Waals surface area (Å²) in [6.07, 6.45) is 4.43. The zero-order valence-electron chi connectivity index (χ0n) is 13.4. The van der Waals surface area contributed by atoms with Crippen molar-refractivity contribution in [2.75, 3.05) is 6.54 Å². The van der Waals surface area contributed by atoms with Crippen molar-refractivity contribution in [1.29, 1.82) is 0 Å². The predicted octanol–water partition coefficient (Wildman–Crippen LogP) is 4.26. The number of hydrogen-bond acceptors (Lipinski definition) is 5. The van der Waals surface area contributed by atoms with Crippen LogP contribution in [0.25, 0.3) is 21.3 Å². The number of carbonyl (C=O) groups is 1. The molecular formula is C18H16FN3OS2. The van der Waals surface area contributed by atoms with Gasteiger partial charge in [-0.2, -0.15) is 0 Å². The van der Waals surface area contributed by atoms with Gasteiger partial charge in [0.1, 0.15) is 22.0 Å². The molecule has 2 aromatic heterocycles. The normalized spacial score (nSPS) is 18.1. The highest BCUT2D eigenvalue weighted by Gasteiger charge is 2.24. The highest BCUT2D eigenvalue weighted by molar-refractivity contribution is 8.00. The van der Waals surface area contributed by atoms with E-state index in [1.807, 2.05) is 5.38 Å². The minimum absolute atomic E-state index is 0.0767. The van der Waals surface area contributed by atoms with E-state index in [4.69, 9.17) is 0 Å². The average Bonchev–Trinajstić information content (AvgIpc) is 2.96. The Labute approximate surface area is 152 Å². The van der Waals surface area contributed by atoms with Gasteiger partial charge in [0.2, 0.25) is 5.91 Å². The van der Waals surface area contributed by atoms with Crippen LogP contribution in [0.4, 0.5) is 4.39 Å². The number of nitrogens with zero attached hydrogens (tertiary/aromatic N) is 2. The van der Waals surface area contributed by atoms with Crippen LogP contribution >= 0.6 is 23.1 Å². The molecule has 0 radical (unpaired) electrons. The lowest BCUT2D eigenvalue weighted by atomic mass is 10.1. The number of rotatable bonds is 3. The lowest BCUT2D eigenvalue weighted by Gasteiger charge is -2.13. The highest BCUT2D eigenvalue weighted by Crippen LogP contribution is 2.39. The van der Waals surface area contributed by atoms with Gasteiger partial charge in [-0.05, 0) is 30.5 Å². The maximum atomic E-state index is 13.2. The monoisotopic (exact) mass is 373 g/mol. The van der Waals surface area contributed by atoms with E-state index in [0.29, 0.717) is 0 Å². The Balaban J connectivity index is 1.75. The number of nitrogens with one attached hydrogen (secondary N) is 1. The third-order valence-electron chi connectivity index (χ3n) is 4.23. The number of carbonyl (C=O) groups excluding carboxylic acids is 1. The summed E-state index contributed by atoms with van der Waals surface area (Å²) in [5, 5.41) is 6.61. The second-order valence-corrected chi connectivity index (χ2v) is 7.96. The Bertz CT molecular complexity index is 910. The number of amides is 1. The van der Waals surface area contributed by atoms with E-state index >= 15 is 0 Å². The summed E-state index contributed by atoms with van der Waals surface area (Å²) >= 11 is 3.04. The lowest BCUT2D eigenvalue weighted by Crippen LogP contribution is -2.30. The minimum Gasteiger partial charge on any atom is -0.355 e. The van der Waals surface area contributed by atoms with E-state index in [9.17, 15) is 9.18 Å². The van der Waals surface area contributed by atoms with Gasteiger partial charge < -0.3 is 5.32 Å². The molecule has 1 saturated heterocycles. The molecule has 1 atom stereocenters. The highest BCUT2D eigenvalue weighted by atomic mass is 32.2. The zero-order valence-corrected chi connectivity index (χ0v) is 15.0. The van der Waals surface area contributed by atoms with Gasteiger partial charge in [0.25, 0.3) is 0 Å². The molecule has 1 N–H and O–H groups in total. The Morgan fingerprint density at radius 3 is 2.88 bits per heavy atom. The average molecular weight is 373 g/mol. The molecule has 7 heteroatoms. The summed E-state index contributed by atoms with van der Waals surface area (Å²) < 4.78 is 13.2. The van der Waals surface area contributed by atoms with Gasteiger partial charge in [-0.1, -0.05) is 30.3 Å². The molecule has 0 unspecified atom stereocenters. The summed E-state index contributed by atoms with van der Waals surface area (Å²) in [6, 6.07) is 6.43. The van der Waals surface area contributed by atoms with Crippen LogP contribution in [0.2, 0.25) is 0 Å². The predicted molar refractivity (Wildman–Crippen MR) is 99.3 cm³/mol. The fraction of sp³-hybridized carbons (Fsp3) is 0.278. The van der Waals surface area contributed by atoms with Crippen LogP contribution in [0, 0.1) is 5.82 Å². The lowest BCUT2D eigenvalue weighted by molar-refractivity contribution is -0.120. The third-order valence-corrected chi connectivity index (χ3v) is 6.38. The topological polar surface area (TPSA) is 54.9 Å². The second-order valence-electron chi connectivity index (χ2n) is 5.91. The molecule has 4 rings (SSSR count). The molecule has 1 aliphatic rings. The van der Waals surface area contributed by atoms with E-state index in [0.717, 1.165) is 52.2 Å². The minimum atomic E-state index is -0.260. The van der Waals surface area contributed by atoms with Gasteiger partial charge >= 0.3 is 0 Å². The smallest absolute Gasteiger partial charge is 0.233 e. The van der Waals surface area contributed by atoms with E-state index in [1.54, 1.807) is 18.5 Å². The van der Waals surface area contributed by atoms with Gasteiger partial charge in [-0.15, -0.1) is 11.3 Å². The Morgan fingerprint density at radius 1 is 1.20 bits per heavy atom. The van der Waals surface area contributed by atoms with Crippen LogP contribution in [0.5, 0.6) is 0 Å². The summed E-state index contributed by atoms with van der Waals surface area (Å²) in [5.74, 6) is -0.183. The number of halogens is 1. The van der Waals surface area contributed by atoms with Crippen molar-refractivity contribution in [3.8, 4) is 11.1 Å². The molecule has 3 aromatic rings. The standard InChI is InChI=1S/C18H16FN3OS2/c19-12-6-4-11(5-7-12)13-9-24-17-15(13)18(22-10-21-17)25-14-3-1-2-8-20-16(14)23/h4-7,9-10,14H,1-3,8H2,(H,20,23)/t14-/m0/s1. The number of fused-ring (bicyclic) bond motifs is 1. The first-order valence-electron chi connectivity index (χ1n) is 8.15. The second kappa shape index (κ2) is 7.09. The van der Waals surface area contributed by atoms with E-state index in [2.05, 4.69) is 15.3 Å². The third kappa shape index (κ3) is 3.39. The molecule has 1 amide bonds. The molecule has 1 aliphatic heterocycles. The largest absolute Gasteiger partial charge is 0.355 e. The number of aromatic nitrogens is 2. The fourth-order valence-electron chi connectivity index (χ4n) is 2.94. The first-order chi connectivity index (χ1) is 12.2. The molecule has 0 aliphatic carbocycles. The Hall–Kier alpha value is -1.99. The van der Waals surface area contributed by atoms with Crippen LogP contribution < -0.4 is 5.32 Å². The molecule has 0 saturated carbocycles. The molecule has 4 nitrogen and oxygen atoms in total. The van der Waals surface area contributed by atoms with Crippen LogP contribution in [0.3, 0.4) is 0 Å². The van der Waals surface area contributed by atoms with Crippen molar-refractivity contribution in [2.24, 2.45) is 0 Å². The molecule has 0 spiro atoms. The fourth-order valence-corrected chi connectivity index (χ4v) is 5.09. The Morgan fingerprint density at radius 2 is 2.04 bits per heavy atom. The van der Waals surface area contributed by atoms with Crippen molar-refractivity contribution in [2.45, 2.75) is 29.5 Å².